The van der Waals surface area contributed by atoms with E-state index in [4.69, 9.17) is 5.73 Å². The SMILES string of the molecule is CC1(C)CCCC1NC(=O)c1cc(N)nc2ccccc12. The fourth-order valence-corrected chi connectivity index (χ4v) is 3.21. The molecule has 1 unspecified atom stereocenters. The van der Waals surface area contributed by atoms with Crippen LogP contribution < -0.4 is 11.1 Å². The Kier molecular flexibility index (Phi) is 3.32. The number of carbonyl (C=O) groups excluding carboxylic acids is 1. The van der Waals surface area contributed by atoms with Gasteiger partial charge < -0.3 is 11.1 Å². The van der Waals surface area contributed by atoms with Crippen LogP contribution in [0.2, 0.25) is 0 Å². The molecular formula is C17H21N3O. The molecule has 1 aliphatic carbocycles. The van der Waals surface area contributed by atoms with E-state index in [0.29, 0.717) is 11.4 Å². The first-order valence-electron chi connectivity index (χ1n) is 7.43. The smallest absolute Gasteiger partial charge is 0.252 e. The maximum Gasteiger partial charge on any atom is 0.252 e. The van der Waals surface area contributed by atoms with Crippen LogP contribution in [-0.4, -0.2) is 16.9 Å². The summed E-state index contributed by atoms with van der Waals surface area (Å²) in [6.07, 6.45) is 3.35. The molecule has 1 saturated carbocycles. The predicted molar refractivity (Wildman–Crippen MR) is 85.0 cm³/mol. The van der Waals surface area contributed by atoms with Gasteiger partial charge in [-0.3, -0.25) is 4.79 Å². The van der Waals surface area contributed by atoms with Crippen LogP contribution in [0.1, 0.15) is 43.5 Å². The summed E-state index contributed by atoms with van der Waals surface area (Å²) in [7, 11) is 0. The molecule has 21 heavy (non-hydrogen) atoms. The van der Waals surface area contributed by atoms with Gasteiger partial charge in [0.1, 0.15) is 5.82 Å². The van der Waals surface area contributed by atoms with Crippen LogP contribution in [0, 0.1) is 5.41 Å². The molecule has 0 bridgehead atoms. The van der Waals surface area contributed by atoms with Crippen molar-refractivity contribution in [3.05, 3.63) is 35.9 Å². The number of rotatable bonds is 2. The molecule has 0 saturated heterocycles. The van der Waals surface area contributed by atoms with E-state index in [1.807, 2.05) is 24.3 Å². The van der Waals surface area contributed by atoms with Gasteiger partial charge in [-0.1, -0.05) is 38.5 Å². The highest BCUT2D eigenvalue weighted by Crippen LogP contribution is 2.37. The van der Waals surface area contributed by atoms with Gasteiger partial charge in [0.2, 0.25) is 0 Å². The van der Waals surface area contributed by atoms with E-state index >= 15 is 0 Å². The number of amides is 1. The Hall–Kier alpha value is -2.10. The normalized spacial score (nSPS) is 20.6. The topological polar surface area (TPSA) is 68.0 Å². The lowest BCUT2D eigenvalue weighted by atomic mass is 9.87. The Labute approximate surface area is 124 Å². The number of nitrogens with zero attached hydrogens (tertiary/aromatic N) is 1. The van der Waals surface area contributed by atoms with Crippen molar-refractivity contribution >= 4 is 22.6 Å². The maximum atomic E-state index is 12.7. The van der Waals surface area contributed by atoms with Crippen molar-refractivity contribution in [2.45, 2.75) is 39.2 Å². The standard InChI is InChI=1S/C17H21N3O/c1-17(2)9-5-8-14(17)20-16(21)12-10-15(18)19-13-7-4-3-6-11(12)13/h3-4,6-7,10,14H,5,8-9H2,1-2H3,(H2,18,19)(H,20,21). The summed E-state index contributed by atoms with van der Waals surface area (Å²) in [6.45, 7) is 4.42. The number of nitrogens with two attached hydrogens (primary N) is 1. The molecular weight excluding hydrogens is 262 g/mol. The fraction of sp³-hybridized carbons (Fsp3) is 0.412. The van der Waals surface area contributed by atoms with Crippen molar-refractivity contribution in [1.82, 2.24) is 10.3 Å². The van der Waals surface area contributed by atoms with Gasteiger partial charge in [-0.15, -0.1) is 0 Å². The Morgan fingerprint density at radius 1 is 1.38 bits per heavy atom. The van der Waals surface area contributed by atoms with E-state index in [1.165, 1.54) is 0 Å². The summed E-state index contributed by atoms with van der Waals surface area (Å²) < 4.78 is 0. The lowest BCUT2D eigenvalue weighted by Gasteiger charge is -2.28. The zero-order valence-corrected chi connectivity index (χ0v) is 12.5. The number of carbonyl (C=O) groups is 1. The number of hydrogen-bond donors (Lipinski definition) is 2. The van der Waals surface area contributed by atoms with Gasteiger partial charge in [-0.05, 0) is 30.4 Å². The minimum atomic E-state index is -0.0553. The molecule has 1 aliphatic rings. The van der Waals surface area contributed by atoms with Gasteiger partial charge in [0, 0.05) is 11.4 Å². The van der Waals surface area contributed by atoms with Crippen molar-refractivity contribution in [2.24, 2.45) is 5.41 Å². The molecule has 1 atom stereocenters. The number of hydrogen-bond acceptors (Lipinski definition) is 3. The molecule has 1 fully saturated rings. The van der Waals surface area contributed by atoms with E-state index in [0.717, 1.165) is 30.2 Å². The second-order valence-corrected chi connectivity index (χ2v) is 6.52. The highest BCUT2D eigenvalue weighted by molar-refractivity contribution is 6.07. The van der Waals surface area contributed by atoms with Crippen molar-refractivity contribution < 1.29 is 4.79 Å². The van der Waals surface area contributed by atoms with E-state index in [1.54, 1.807) is 6.07 Å². The highest BCUT2D eigenvalue weighted by Gasteiger charge is 2.35. The van der Waals surface area contributed by atoms with Crippen LogP contribution in [0.5, 0.6) is 0 Å². The number of nitrogens with one attached hydrogen (secondary N) is 1. The summed E-state index contributed by atoms with van der Waals surface area (Å²) in [4.78, 5) is 16.9. The quantitative estimate of drug-likeness (QED) is 0.889. The zero-order chi connectivity index (χ0) is 15.0. The van der Waals surface area contributed by atoms with Gasteiger partial charge in [-0.25, -0.2) is 4.98 Å². The number of fused-ring (bicyclic) bond motifs is 1. The number of benzene rings is 1. The molecule has 4 heteroatoms. The van der Waals surface area contributed by atoms with Gasteiger partial charge in [0.25, 0.3) is 5.91 Å². The first kappa shape index (κ1) is 13.9. The number of nitrogen functional groups attached to an aromatic ring is 1. The molecule has 1 amide bonds. The third-order valence-electron chi connectivity index (χ3n) is 4.54. The summed E-state index contributed by atoms with van der Waals surface area (Å²) in [5.74, 6) is 0.324. The number of anilines is 1. The van der Waals surface area contributed by atoms with Gasteiger partial charge in [-0.2, -0.15) is 0 Å². The summed E-state index contributed by atoms with van der Waals surface area (Å²) in [5.41, 5.74) is 7.36. The van der Waals surface area contributed by atoms with Crippen molar-refractivity contribution in [3.8, 4) is 0 Å². The van der Waals surface area contributed by atoms with Crippen LogP contribution in [0.15, 0.2) is 30.3 Å². The van der Waals surface area contributed by atoms with Crippen LogP contribution in [0.25, 0.3) is 10.9 Å². The molecule has 2 aromatic rings. The van der Waals surface area contributed by atoms with E-state index in [9.17, 15) is 4.79 Å². The van der Waals surface area contributed by atoms with E-state index in [2.05, 4.69) is 24.1 Å². The first-order chi connectivity index (χ1) is 9.97. The minimum absolute atomic E-state index is 0.0553. The first-order valence-corrected chi connectivity index (χ1v) is 7.43. The minimum Gasteiger partial charge on any atom is -0.384 e. The largest absolute Gasteiger partial charge is 0.384 e. The Balaban J connectivity index is 1.95. The summed E-state index contributed by atoms with van der Waals surface area (Å²) in [5, 5.41) is 4.03. The Morgan fingerprint density at radius 2 is 2.14 bits per heavy atom. The number of para-hydroxylation sites is 1. The molecule has 3 rings (SSSR count). The van der Waals surface area contributed by atoms with Crippen molar-refractivity contribution in [3.63, 3.8) is 0 Å². The molecule has 1 heterocycles. The van der Waals surface area contributed by atoms with E-state index in [-0.39, 0.29) is 17.4 Å². The van der Waals surface area contributed by atoms with Gasteiger partial charge in [0.15, 0.2) is 0 Å². The lowest BCUT2D eigenvalue weighted by Crippen LogP contribution is -2.41. The van der Waals surface area contributed by atoms with Crippen molar-refractivity contribution in [1.29, 1.82) is 0 Å². The molecule has 0 aliphatic heterocycles. The third kappa shape index (κ3) is 2.58. The van der Waals surface area contributed by atoms with Crippen LogP contribution in [0.3, 0.4) is 0 Å². The second kappa shape index (κ2) is 5.02. The number of aromatic nitrogens is 1. The molecule has 0 spiro atoms. The third-order valence-corrected chi connectivity index (χ3v) is 4.54. The molecule has 3 N–H and O–H groups in total. The molecule has 110 valence electrons. The van der Waals surface area contributed by atoms with Crippen LogP contribution in [0.4, 0.5) is 5.82 Å². The van der Waals surface area contributed by atoms with Crippen molar-refractivity contribution in [2.75, 3.05) is 5.73 Å². The average molecular weight is 283 g/mol. The van der Waals surface area contributed by atoms with E-state index < -0.39 is 0 Å². The second-order valence-electron chi connectivity index (χ2n) is 6.52. The molecule has 0 radical (unpaired) electrons. The summed E-state index contributed by atoms with van der Waals surface area (Å²) >= 11 is 0. The van der Waals surface area contributed by atoms with Gasteiger partial charge >= 0.3 is 0 Å². The Morgan fingerprint density at radius 3 is 2.86 bits per heavy atom. The fourth-order valence-electron chi connectivity index (χ4n) is 3.21. The zero-order valence-electron chi connectivity index (χ0n) is 12.5. The molecule has 1 aromatic carbocycles. The monoisotopic (exact) mass is 283 g/mol. The van der Waals surface area contributed by atoms with Crippen LogP contribution in [-0.2, 0) is 0 Å². The maximum absolute atomic E-state index is 12.7. The van der Waals surface area contributed by atoms with Gasteiger partial charge in [0.05, 0.1) is 11.1 Å². The lowest BCUT2D eigenvalue weighted by molar-refractivity contribution is 0.0911. The highest BCUT2D eigenvalue weighted by atomic mass is 16.1. The Bertz CT molecular complexity index is 693. The van der Waals surface area contributed by atoms with Crippen LogP contribution >= 0.6 is 0 Å². The summed E-state index contributed by atoms with van der Waals surface area (Å²) in [6, 6.07) is 9.49. The molecule has 1 aromatic heterocycles. The average Bonchev–Trinajstić information content (AvgIpc) is 2.76. The predicted octanol–water partition coefficient (Wildman–Crippen LogP) is 3.13. The number of pyridine rings is 1. The molecule has 4 nitrogen and oxygen atoms in total.